The Kier molecular flexibility index (Phi) is 7.07. The topological polar surface area (TPSA) is 50.2 Å². The normalized spacial score (nSPS) is 11.1. The van der Waals surface area contributed by atoms with Crippen LogP contribution in [0.3, 0.4) is 0 Å². The van der Waals surface area contributed by atoms with Crippen molar-refractivity contribution in [2.45, 2.75) is 33.9 Å². The Morgan fingerprint density at radius 3 is 2.31 bits per heavy atom. The molecule has 6 heteroatoms. The Morgan fingerprint density at radius 2 is 1.66 bits per heavy atom. The summed E-state index contributed by atoms with van der Waals surface area (Å²) >= 11 is 6.51. The highest BCUT2D eigenvalue weighted by Gasteiger charge is 2.21. The van der Waals surface area contributed by atoms with Crippen LogP contribution >= 0.6 is 11.6 Å². The van der Waals surface area contributed by atoms with Crippen LogP contribution in [0, 0.1) is 6.92 Å². The zero-order valence-corrected chi connectivity index (χ0v) is 17.9. The van der Waals surface area contributed by atoms with Gasteiger partial charge in [0.25, 0.3) is 5.91 Å². The fourth-order valence-corrected chi connectivity index (χ4v) is 3.69. The largest absolute Gasteiger partial charge is 0.348 e. The predicted molar refractivity (Wildman–Crippen MR) is 118 cm³/mol. The fraction of sp³-hybridized carbons (Fsp3) is 0.304. The fourth-order valence-electron chi connectivity index (χ4n) is 3.33. The third-order valence-electron chi connectivity index (χ3n) is 5.08. The lowest BCUT2D eigenvalue weighted by molar-refractivity contribution is 0.0950. The molecule has 1 amide bonds. The third-order valence-corrected chi connectivity index (χ3v) is 5.43. The van der Waals surface area contributed by atoms with Crippen molar-refractivity contribution in [3.05, 3.63) is 82.1 Å². The van der Waals surface area contributed by atoms with Crippen molar-refractivity contribution in [3.8, 4) is 5.69 Å². The van der Waals surface area contributed by atoms with E-state index in [1.165, 1.54) is 5.56 Å². The number of amides is 1. The van der Waals surface area contributed by atoms with Crippen molar-refractivity contribution in [1.82, 2.24) is 20.0 Å². The van der Waals surface area contributed by atoms with Gasteiger partial charge in [-0.3, -0.25) is 9.69 Å². The summed E-state index contributed by atoms with van der Waals surface area (Å²) in [6.45, 7) is 9.41. The van der Waals surface area contributed by atoms with Crippen LogP contribution in [0.1, 0.15) is 41.0 Å². The molecule has 3 aromatic rings. The summed E-state index contributed by atoms with van der Waals surface area (Å²) in [7, 11) is 0. The van der Waals surface area contributed by atoms with Gasteiger partial charge in [0.05, 0.1) is 16.9 Å². The molecule has 0 radical (unpaired) electrons. The number of aryl methyl sites for hydroxylation is 1. The quantitative estimate of drug-likeness (QED) is 0.590. The molecule has 1 aromatic heterocycles. The SMILES string of the molecule is CCN(CC)Cc1ccccc1CNC(=O)c1c(C)nn(-c2ccccc2)c1Cl. The van der Waals surface area contributed by atoms with E-state index in [9.17, 15) is 4.79 Å². The molecular weight excluding hydrogens is 384 g/mol. The number of hydrogen-bond acceptors (Lipinski definition) is 3. The van der Waals surface area contributed by atoms with Crippen molar-refractivity contribution in [2.75, 3.05) is 13.1 Å². The number of halogens is 1. The van der Waals surface area contributed by atoms with Crippen molar-refractivity contribution in [1.29, 1.82) is 0 Å². The van der Waals surface area contributed by atoms with Crippen molar-refractivity contribution in [3.63, 3.8) is 0 Å². The number of aromatic nitrogens is 2. The van der Waals surface area contributed by atoms with Crippen molar-refractivity contribution >= 4 is 17.5 Å². The first-order valence-electron chi connectivity index (χ1n) is 9.93. The summed E-state index contributed by atoms with van der Waals surface area (Å²) in [5.41, 5.74) is 4.17. The number of carbonyl (C=O) groups is 1. The van der Waals surface area contributed by atoms with Gasteiger partial charge in [-0.1, -0.05) is 67.9 Å². The van der Waals surface area contributed by atoms with Crippen LogP contribution in [0.25, 0.3) is 5.69 Å². The predicted octanol–water partition coefficient (Wildman–Crippen LogP) is 4.61. The number of carbonyl (C=O) groups excluding carboxylic acids is 1. The minimum Gasteiger partial charge on any atom is -0.348 e. The molecule has 0 aliphatic carbocycles. The zero-order chi connectivity index (χ0) is 20.8. The van der Waals surface area contributed by atoms with Crippen molar-refractivity contribution in [2.24, 2.45) is 0 Å². The van der Waals surface area contributed by atoms with Gasteiger partial charge in [0, 0.05) is 13.1 Å². The van der Waals surface area contributed by atoms with Gasteiger partial charge in [-0.25, -0.2) is 4.68 Å². The Hall–Kier alpha value is -2.63. The second kappa shape index (κ2) is 9.72. The minimum absolute atomic E-state index is 0.215. The van der Waals surface area contributed by atoms with Crippen LogP contribution < -0.4 is 5.32 Å². The summed E-state index contributed by atoms with van der Waals surface area (Å²) in [6, 6.07) is 17.8. The average molecular weight is 411 g/mol. The second-order valence-corrected chi connectivity index (χ2v) is 7.27. The van der Waals surface area contributed by atoms with E-state index in [1.807, 2.05) is 42.5 Å². The van der Waals surface area contributed by atoms with Crippen LogP contribution in [0.5, 0.6) is 0 Å². The number of hydrogen-bond donors (Lipinski definition) is 1. The summed E-state index contributed by atoms with van der Waals surface area (Å²) in [5.74, 6) is -0.215. The second-order valence-electron chi connectivity index (χ2n) is 6.91. The van der Waals surface area contributed by atoms with E-state index in [-0.39, 0.29) is 5.91 Å². The summed E-state index contributed by atoms with van der Waals surface area (Å²) < 4.78 is 1.60. The lowest BCUT2D eigenvalue weighted by Crippen LogP contribution is -2.26. The van der Waals surface area contributed by atoms with Gasteiger partial charge in [-0.2, -0.15) is 5.10 Å². The molecule has 5 nitrogen and oxygen atoms in total. The number of nitrogens with zero attached hydrogens (tertiary/aromatic N) is 3. The molecule has 3 rings (SSSR count). The van der Waals surface area contributed by atoms with Gasteiger partial charge in [-0.05, 0) is 43.3 Å². The van der Waals surface area contributed by atoms with Crippen LogP contribution in [-0.4, -0.2) is 33.7 Å². The van der Waals surface area contributed by atoms with Crippen LogP contribution in [0.15, 0.2) is 54.6 Å². The molecule has 1 heterocycles. The molecule has 152 valence electrons. The van der Waals surface area contributed by atoms with E-state index < -0.39 is 0 Å². The van der Waals surface area contributed by atoms with Gasteiger partial charge in [-0.15, -0.1) is 0 Å². The maximum atomic E-state index is 12.9. The van der Waals surface area contributed by atoms with E-state index in [1.54, 1.807) is 11.6 Å². The maximum absolute atomic E-state index is 12.9. The van der Waals surface area contributed by atoms with E-state index in [4.69, 9.17) is 11.6 Å². The molecule has 0 fully saturated rings. The van der Waals surface area contributed by atoms with E-state index in [2.05, 4.69) is 41.3 Å². The van der Waals surface area contributed by atoms with Crippen LogP contribution in [-0.2, 0) is 13.1 Å². The minimum atomic E-state index is -0.215. The lowest BCUT2D eigenvalue weighted by Gasteiger charge is -2.20. The highest BCUT2D eigenvalue weighted by atomic mass is 35.5. The summed E-state index contributed by atoms with van der Waals surface area (Å²) in [4.78, 5) is 15.2. The molecule has 29 heavy (non-hydrogen) atoms. The van der Waals surface area contributed by atoms with E-state index in [0.717, 1.165) is 30.9 Å². The third kappa shape index (κ3) is 4.86. The van der Waals surface area contributed by atoms with Gasteiger partial charge >= 0.3 is 0 Å². The summed E-state index contributed by atoms with van der Waals surface area (Å²) in [6.07, 6.45) is 0. The molecule has 1 N–H and O–H groups in total. The van der Waals surface area contributed by atoms with Crippen LogP contribution in [0.4, 0.5) is 0 Å². The number of nitrogens with one attached hydrogen (secondary N) is 1. The first-order chi connectivity index (χ1) is 14.0. The van der Waals surface area contributed by atoms with Gasteiger partial charge < -0.3 is 5.32 Å². The zero-order valence-electron chi connectivity index (χ0n) is 17.2. The standard InChI is InChI=1S/C23H27ClN4O/c1-4-27(5-2)16-19-12-10-9-11-18(19)15-25-23(29)21-17(3)26-28(22(21)24)20-13-7-6-8-14-20/h6-14H,4-5,15-16H2,1-3H3,(H,25,29). The number of benzene rings is 2. The summed E-state index contributed by atoms with van der Waals surface area (Å²) in [5, 5.41) is 7.79. The smallest absolute Gasteiger partial charge is 0.256 e. The Labute approximate surface area is 177 Å². The highest BCUT2D eigenvalue weighted by molar-refractivity contribution is 6.33. The maximum Gasteiger partial charge on any atom is 0.256 e. The Morgan fingerprint density at radius 1 is 1.03 bits per heavy atom. The van der Waals surface area contributed by atoms with E-state index >= 15 is 0 Å². The van der Waals surface area contributed by atoms with Crippen molar-refractivity contribution < 1.29 is 4.79 Å². The monoisotopic (exact) mass is 410 g/mol. The molecule has 0 saturated carbocycles. The molecule has 0 unspecified atom stereocenters. The number of para-hydroxylation sites is 1. The molecule has 0 aliphatic rings. The molecule has 0 aliphatic heterocycles. The first-order valence-corrected chi connectivity index (χ1v) is 10.3. The number of rotatable bonds is 8. The highest BCUT2D eigenvalue weighted by Crippen LogP contribution is 2.23. The van der Waals surface area contributed by atoms with Crippen LogP contribution in [0.2, 0.25) is 5.15 Å². The molecule has 0 bridgehead atoms. The van der Waals surface area contributed by atoms with Gasteiger partial charge in [0.2, 0.25) is 0 Å². The van der Waals surface area contributed by atoms with Gasteiger partial charge in [0.1, 0.15) is 5.15 Å². The van der Waals surface area contributed by atoms with E-state index in [0.29, 0.717) is 23.0 Å². The lowest BCUT2D eigenvalue weighted by atomic mass is 10.1. The average Bonchev–Trinajstić information content (AvgIpc) is 3.05. The molecular formula is C23H27ClN4O. The molecule has 0 atom stereocenters. The molecule has 0 saturated heterocycles. The molecule has 0 spiro atoms. The van der Waals surface area contributed by atoms with Gasteiger partial charge in [0.15, 0.2) is 0 Å². The Bertz CT molecular complexity index is 964. The molecule has 2 aromatic carbocycles. The first kappa shape index (κ1) is 21.1. The Balaban J connectivity index is 1.77.